The zero-order valence-corrected chi connectivity index (χ0v) is 16.0. The topological polar surface area (TPSA) is 42.0 Å². The van der Waals surface area contributed by atoms with Crippen LogP contribution in [0, 0.1) is 5.82 Å². The number of methoxy groups -OCH3 is 1. The summed E-state index contributed by atoms with van der Waals surface area (Å²) in [5.74, 6) is 0.178. The van der Waals surface area contributed by atoms with Gasteiger partial charge in [-0.05, 0) is 26.9 Å². The number of carbonyl (C=O) groups excluding carboxylic acids is 1. The maximum absolute atomic E-state index is 15.1. The number of benzene rings is 1. The molecular weight excluding hydrogens is 335 g/mol. The van der Waals surface area contributed by atoms with Crippen molar-refractivity contribution < 1.29 is 18.7 Å². The first-order chi connectivity index (χ1) is 12.5. The van der Waals surface area contributed by atoms with Crippen LogP contribution in [0.2, 0.25) is 0 Å². The van der Waals surface area contributed by atoms with Crippen LogP contribution in [-0.2, 0) is 14.9 Å². The summed E-state index contributed by atoms with van der Waals surface area (Å²) in [7, 11) is 5.54. The molecule has 6 heteroatoms. The first-order valence-corrected chi connectivity index (χ1v) is 9.42. The van der Waals surface area contributed by atoms with Crippen LogP contribution < -0.4 is 9.64 Å². The quantitative estimate of drug-likeness (QED) is 0.746. The lowest BCUT2D eigenvalue weighted by molar-refractivity contribution is -0.124. The molecule has 1 aromatic carbocycles. The van der Waals surface area contributed by atoms with Crippen molar-refractivity contribution in [2.24, 2.45) is 0 Å². The lowest BCUT2D eigenvalue weighted by atomic mass is 9.70. The van der Waals surface area contributed by atoms with Crippen molar-refractivity contribution in [3.8, 4) is 5.75 Å². The third kappa shape index (κ3) is 3.45. The molecular formula is C20H29FN2O3. The first kappa shape index (κ1) is 19.1. The van der Waals surface area contributed by atoms with Crippen molar-refractivity contribution in [1.29, 1.82) is 0 Å². The molecule has 5 nitrogen and oxygen atoms in total. The van der Waals surface area contributed by atoms with Gasteiger partial charge in [-0.25, -0.2) is 4.39 Å². The molecule has 1 heterocycles. The molecule has 0 saturated heterocycles. The van der Waals surface area contributed by atoms with Crippen LogP contribution in [0.4, 0.5) is 10.1 Å². The average molecular weight is 364 g/mol. The molecule has 2 aliphatic rings. The molecule has 1 saturated carbocycles. The normalized spacial score (nSPS) is 18.7. The van der Waals surface area contributed by atoms with Crippen LogP contribution in [0.25, 0.3) is 0 Å². The first-order valence-electron chi connectivity index (χ1n) is 9.42. The lowest BCUT2D eigenvalue weighted by Gasteiger charge is -2.32. The molecule has 1 aromatic rings. The number of fused-ring (bicyclic) bond motifs is 2. The second-order valence-electron chi connectivity index (χ2n) is 7.54. The lowest BCUT2D eigenvalue weighted by Crippen LogP contribution is -2.43. The summed E-state index contributed by atoms with van der Waals surface area (Å²) >= 11 is 0. The summed E-state index contributed by atoms with van der Waals surface area (Å²) in [5.41, 5.74) is 0.528. The van der Waals surface area contributed by atoms with Crippen LogP contribution in [0.15, 0.2) is 12.1 Å². The predicted octanol–water partition coefficient (Wildman–Crippen LogP) is 2.96. The Bertz CT molecular complexity index is 657. The highest BCUT2D eigenvalue weighted by molar-refractivity contribution is 6.08. The van der Waals surface area contributed by atoms with Gasteiger partial charge in [-0.1, -0.05) is 19.3 Å². The molecule has 0 N–H and O–H groups in total. The molecule has 1 aliphatic carbocycles. The Morgan fingerprint density at radius 1 is 1.19 bits per heavy atom. The molecule has 3 rings (SSSR count). The summed E-state index contributed by atoms with van der Waals surface area (Å²) in [6.07, 6.45) is 4.48. The number of carbonyl (C=O) groups is 1. The minimum atomic E-state index is -0.701. The second-order valence-corrected chi connectivity index (χ2v) is 7.54. The summed E-state index contributed by atoms with van der Waals surface area (Å²) in [6, 6.07) is 3.27. The van der Waals surface area contributed by atoms with Crippen LogP contribution in [0.1, 0.15) is 37.7 Å². The molecule has 0 atom stereocenters. The highest BCUT2D eigenvalue weighted by Gasteiger charge is 2.52. The highest BCUT2D eigenvalue weighted by atomic mass is 19.1. The van der Waals surface area contributed by atoms with Gasteiger partial charge in [-0.15, -0.1) is 0 Å². The van der Waals surface area contributed by atoms with E-state index in [-0.39, 0.29) is 11.7 Å². The standard InChI is InChI=1S/C20H29FN2O3/c1-22(2)9-12-26-15-13-16(21)18-17(14-15)23(10-11-25-3)19(24)20(18)7-5-4-6-8-20/h13-14H,4-12H2,1-3H3. The SMILES string of the molecule is COCCN1C(=O)C2(CCCCC2)c2c(F)cc(OCCN(C)C)cc21. The van der Waals surface area contributed by atoms with E-state index in [9.17, 15) is 4.79 Å². The summed E-state index contributed by atoms with van der Waals surface area (Å²) in [5, 5.41) is 0. The van der Waals surface area contributed by atoms with Crippen molar-refractivity contribution in [2.45, 2.75) is 37.5 Å². The third-order valence-corrected chi connectivity index (χ3v) is 5.50. The molecule has 0 radical (unpaired) electrons. The zero-order valence-electron chi connectivity index (χ0n) is 16.0. The van der Waals surface area contributed by atoms with E-state index in [1.54, 1.807) is 12.0 Å². The molecule has 1 aliphatic heterocycles. The van der Waals surface area contributed by atoms with E-state index in [0.717, 1.165) is 38.6 Å². The van der Waals surface area contributed by atoms with Gasteiger partial charge in [0.25, 0.3) is 0 Å². The van der Waals surface area contributed by atoms with Crippen LogP contribution in [0.3, 0.4) is 0 Å². The van der Waals surface area contributed by atoms with E-state index in [1.165, 1.54) is 6.07 Å². The Labute approximate surface area is 155 Å². The maximum atomic E-state index is 15.1. The van der Waals surface area contributed by atoms with Gasteiger partial charge in [0, 0.05) is 37.9 Å². The van der Waals surface area contributed by atoms with E-state index in [0.29, 0.717) is 36.8 Å². The van der Waals surface area contributed by atoms with Crippen molar-refractivity contribution >= 4 is 11.6 Å². The number of hydrogen-bond acceptors (Lipinski definition) is 4. The minimum absolute atomic E-state index is 0.0218. The Morgan fingerprint density at radius 2 is 1.92 bits per heavy atom. The van der Waals surface area contributed by atoms with Gasteiger partial charge < -0.3 is 19.3 Å². The van der Waals surface area contributed by atoms with Gasteiger partial charge in [-0.3, -0.25) is 4.79 Å². The van der Waals surface area contributed by atoms with Crippen molar-refractivity contribution in [1.82, 2.24) is 4.90 Å². The number of anilines is 1. The fourth-order valence-electron chi connectivity index (χ4n) is 4.18. The van der Waals surface area contributed by atoms with Crippen LogP contribution in [-0.4, -0.2) is 58.3 Å². The van der Waals surface area contributed by atoms with Crippen molar-refractivity contribution in [3.63, 3.8) is 0 Å². The number of rotatable bonds is 7. The molecule has 1 spiro atoms. The summed E-state index contributed by atoms with van der Waals surface area (Å²) in [4.78, 5) is 17.0. The summed E-state index contributed by atoms with van der Waals surface area (Å²) < 4.78 is 26.0. The smallest absolute Gasteiger partial charge is 0.237 e. The number of hydrogen-bond donors (Lipinski definition) is 0. The van der Waals surface area contributed by atoms with E-state index in [1.807, 2.05) is 25.1 Å². The predicted molar refractivity (Wildman–Crippen MR) is 99.4 cm³/mol. The fourth-order valence-corrected chi connectivity index (χ4v) is 4.18. The van der Waals surface area contributed by atoms with Crippen LogP contribution in [0.5, 0.6) is 5.75 Å². The van der Waals surface area contributed by atoms with Gasteiger partial charge in [-0.2, -0.15) is 0 Å². The molecule has 0 aromatic heterocycles. The van der Waals surface area contributed by atoms with Gasteiger partial charge in [0.1, 0.15) is 18.2 Å². The monoisotopic (exact) mass is 364 g/mol. The van der Waals surface area contributed by atoms with E-state index >= 15 is 4.39 Å². The van der Waals surface area contributed by atoms with E-state index in [2.05, 4.69) is 0 Å². The van der Waals surface area contributed by atoms with E-state index < -0.39 is 5.41 Å². The molecule has 26 heavy (non-hydrogen) atoms. The largest absolute Gasteiger partial charge is 0.492 e. The molecule has 0 bridgehead atoms. The Balaban J connectivity index is 1.96. The Morgan fingerprint density at radius 3 is 2.58 bits per heavy atom. The fraction of sp³-hybridized carbons (Fsp3) is 0.650. The van der Waals surface area contributed by atoms with Gasteiger partial charge in [0.15, 0.2) is 0 Å². The molecule has 144 valence electrons. The molecule has 1 fully saturated rings. The number of ether oxygens (including phenoxy) is 2. The number of nitrogens with zero attached hydrogens (tertiary/aromatic N) is 2. The van der Waals surface area contributed by atoms with E-state index in [4.69, 9.17) is 9.47 Å². The number of amides is 1. The average Bonchev–Trinajstić information content (AvgIpc) is 2.82. The van der Waals surface area contributed by atoms with Gasteiger partial charge in [0.05, 0.1) is 17.7 Å². The highest BCUT2D eigenvalue weighted by Crippen LogP contribution is 2.52. The Kier molecular flexibility index (Phi) is 5.82. The molecule has 0 unspecified atom stereocenters. The molecule has 1 amide bonds. The van der Waals surface area contributed by atoms with Crippen LogP contribution >= 0.6 is 0 Å². The summed E-state index contributed by atoms with van der Waals surface area (Å²) in [6.45, 7) is 2.08. The van der Waals surface area contributed by atoms with Crippen molar-refractivity contribution in [2.75, 3.05) is 52.4 Å². The third-order valence-electron chi connectivity index (χ3n) is 5.50. The minimum Gasteiger partial charge on any atom is -0.492 e. The van der Waals surface area contributed by atoms with Crippen molar-refractivity contribution in [3.05, 3.63) is 23.5 Å². The zero-order chi connectivity index (χ0) is 18.7. The maximum Gasteiger partial charge on any atom is 0.237 e. The number of likely N-dealkylation sites (N-methyl/N-ethyl adjacent to an activating group) is 1. The van der Waals surface area contributed by atoms with Gasteiger partial charge in [0.2, 0.25) is 5.91 Å². The van der Waals surface area contributed by atoms with Gasteiger partial charge >= 0.3 is 0 Å². The second kappa shape index (κ2) is 7.92. The Hall–Kier alpha value is -1.66. The number of halogens is 1.